The molecule has 0 atom stereocenters. The summed E-state index contributed by atoms with van der Waals surface area (Å²) < 4.78 is 0. The highest BCUT2D eigenvalue weighted by molar-refractivity contribution is 6.31. The van der Waals surface area contributed by atoms with E-state index < -0.39 is 0 Å². The maximum Gasteiger partial charge on any atom is 0.233 e. The fourth-order valence-electron chi connectivity index (χ4n) is 1.85. The van der Waals surface area contributed by atoms with Gasteiger partial charge in [0.05, 0.1) is 12.1 Å². The largest absolute Gasteiger partial charge is 0.507 e. The van der Waals surface area contributed by atoms with Crippen LogP contribution in [-0.4, -0.2) is 41.8 Å². The van der Waals surface area contributed by atoms with Crippen molar-refractivity contribution in [3.63, 3.8) is 0 Å². The molecule has 6 heteroatoms. The number of benzene rings is 1. The van der Waals surface area contributed by atoms with Gasteiger partial charge >= 0.3 is 0 Å². The molecule has 1 aromatic carbocycles. The van der Waals surface area contributed by atoms with E-state index in [1.165, 1.54) is 13.0 Å². The number of phenolic OH excluding ortho intramolecular Hbond substituents is 1. The zero-order chi connectivity index (χ0) is 15.3. The summed E-state index contributed by atoms with van der Waals surface area (Å²) >= 11 is 5.96. The lowest BCUT2D eigenvalue weighted by Crippen LogP contribution is -2.35. The zero-order valence-electron chi connectivity index (χ0n) is 11.9. The molecule has 0 aliphatic heterocycles. The smallest absolute Gasteiger partial charge is 0.233 e. The Balaban J connectivity index is 3.01. The number of likely N-dealkylation sites (N-methyl/N-ethyl adjacent to an activating group) is 2. The fraction of sp³-hybridized carbons (Fsp3) is 0.429. The van der Waals surface area contributed by atoms with Gasteiger partial charge < -0.3 is 10.4 Å². The second-order valence-electron chi connectivity index (χ2n) is 4.49. The Labute approximate surface area is 123 Å². The van der Waals surface area contributed by atoms with Gasteiger partial charge in [-0.15, -0.1) is 0 Å². The van der Waals surface area contributed by atoms with Crippen LogP contribution in [-0.2, 0) is 11.3 Å². The molecule has 0 spiro atoms. The first-order valence-electron chi connectivity index (χ1n) is 6.34. The average molecular weight is 299 g/mol. The van der Waals surface area contributed by atoms with Crippen LogP contribution in [0, 0.1) is 0 Å². The number of phenols is 1. The van der Waals surface area contributed by atoms with Crippen LogP contribution in [0.3, 0.4) is 0 Å². The first kappa shape index (κ1) is 16.5. The molecular weight excluding hydrogens is 280 g/mol. The molecule has 1 aromatic rings. The van der Waals surface area contributed by atoms with Crippen molar-refractivity contribution in [2.24, 2.45) is 0 Å². The Morgan fingerprint density at radius 1 is 1.40 bits per heavy atom. The molecule has 0 aliphatic rings. The van der Waals surface area contributed by atoms with Crippen molar-refractivity contribution >= 4 is 23.3 Å². The normalized spacial score (nSPS) is 10.7. The molecule has 1 rings (SSSR count). The van der Waals surface area contributed by atoms with E-state index in [0.29, 0.717) is 23.7 Å². The van der Waals surface area contributed by atoms with E-state index in [9.17, 15) is 14.7 Å². The lowest BCUT2D eigenvalue weighted by Gasteiger charge is -2.20. The van der Waals surface area contributed by atoms with Gasteiger partial charge in [-0.05, 0) is 25.6 Å². The molecule has 110 valence electrons. The second-order valence-corrected chi connectivity index (χ2v) is 4.93. The van der Waals surface area contributed by atoms with Crippen LogP contribution in [0.15, 0.2) is 12.1 Å². The van der Waals surface area contributed by atoms with E-state index in [1.807, 2.05) is 11.8 Å². The van der Waals surface area contributed by atoms with E-state index in [4.69, 9.17) is 11.6 Å². The number of ketones is 1. The van der Waals surface area contributed by atoms with Crippen LogP contribution in [0.25, 0.3) is 0 Å². The van der Waals surface area contributed by atoms with Crippen molar-refractivity contribution < 1.29 is 14.7 Å². The summed E-state index contributed by atoms with van der Waals surface area (Å²) in [6, 6.07) is 3.05. The summed E-state index contributed by atoms with van der Waals surface area (Å²) in [4.78, 5) is 24.7. The number of hydrogen-bond donors (Lipinski definition) is 2. The third-order valence-corrected chi connectivity index (χ3v) is 3.24. The van der Waals surface area contributed by atoms with Gasteiger partial charge in [0.25, 0.3) is 0 Å². The van der Waals surface area contributed by atoms with Crippen LogP contribution in [0.4, 0.5) is 0 Å². The third kappa shape index (κ3) is 4.21. The van der Waals surface area contributed by atoms with Gasteiger partial charge in [-0.2, -0.15) is 0 Å². The van der Waals surface area contributed by atoms with Crippen molar-refractivity contribution in [2.45, 2.75) is 20.4 Å². The van der Waals surface area contributed by atoms with E-state index in [-0.39, 0.29) is 29.5 Å². The van der Waals surface area contributed by atoms with Gasteiger partial charge in [0, 0.05) is 24.2 Å². The third-order valence-electron chi connectivity index (χ3n) is 3.02. The van der Waals surface area contributed by atoms with E-state index in [2.05, 4.69) is 5.32 Å². The number of rotatable bonds is 6. The molecule has 0 fully saturated rings. The van der Waals surface area contributed by atoms with Crippen molar-refractivity contribution in [3.05, 3.63) is 28.3 Å². The lowest BCUT2D eigenvalue weighted by molar-refractivity contribution is -0.121. The molecule has 1 amide bonds. The maximum atomic E-state index is 11.5. The van der Waals surface area contributed by atoms with Crippen LogP contribution in [0.1, 0.15) is 29.8 Å². The number of Topliss-reactive ketones (excluding diaryl/α,β-unsaturated/α-hetero) is 1. The predicted octanol–water partition coefficient (Wildman–Crippen LogP) is 1.82. The highest BCUT2D eigenvalue weighted by Gasteiger charge is 2.16. The van der Waals surface area contributed by atoms with Crippen molar-refractivity contribution in [1.29, 1.82) is 0 Å². The predicted molar refractivity (Wildman–Crippen MR) is 78.1 cm³/mol. The summed E-state index contributed by atoms with van der Waals surface area (Å²) in [7, 11) is 1.57. The summed E-state index contributed by atoms with van der Waals surface area (Å²) in [6.07, 6.45) is 0. The van der Waals surface area contributed by atoms with Gasteiger partial charge in [0.1, 0.15) is 5.75 Å². The summed E-state index contributed by atoms with van der Waals surface area (Å²) in [5, 5.41) is 13.0. The molecule has 2 N–H and O–H groups in total. The first-order valence-corrected chi connectivity index (χ1v) is 6.72. The Hall–Kier alpha value is -1.59. The van der Waals surface area contributed by atoms with Crippen LogP contribution < -0.4 is 5.32 Å². The molecule has 20 heavy (non-hydrogen) atoms. The van der Waals surface area contributed by atoms with E-state index in [0.717, 1.165) is 0 Å². The number of hydrogen-bond acceptors (Lipinski definition) is 4. The molecule has 0 saturated carbocycles. The van der Waals surface area contributed by atoms with Gasteiger partial charge in [-0.25, -0.2) is 0 Å². The minimum Gasteiger partial charge on any atom is -0.507 e. The quantitative estimate of drug-likeness (QED) is 0.786. The van der Waals surface area contributed by atoms with Crippen LogP contribution in [0.5, 0.6) is 5.75 Å². The van der Waals surface area contributed by atoms with Crippen molar-refractivity contribution in [3.8, 4) is 5.75 Å². The number of nitrogens with one attached hydrogen (secondary N) is 1. The number of aromatic hydroxyl groups is 1. The molecular formula is C14H19ClN2O3. The fourth-order valence-corrected chi connectivity index (χ4v) is 2.09. The van der Waals surface area contributed by atoms with Crippen molar-refractivity contribution in [2.75, 3.05) is 20.1 Å². The minimum absolute atomic E-state index is 0.0720. The summed E-state index contributed by atoms with van der Waals surface area (Å²) in [5.41, 5.74) is 0.733. The van der Waals surface area contributed by atoms with Gasteiger partial charge in [-0.3, -0.25) is 14.5 Å². The minimum atomic E-state index is -0.249. The zero-order valence-corrected chi connectivity index (χ0v) is 12.6. The number of carbonyl (C=O) groups excluding carboxylic acids is 2. The van der Waals surface area contributed by atoms with Gasteiger partial charge in [-0.1, -0.05) is 18.5 Å². The van der Waals surface area contributed by atoms with Gasteiger partial charge in [0.2, 0.25) is 5.91 Å². The Kier molecular flexibility index (Phi) is 5.98. The number of halogens is 1. The van der Waals surface area contributed by atoms with E-state index >= 15 is 0 Å². The first-order chi connectivity index (χ1) is 9.38. The highest BCUT2D eigenvalue weighted by atomic mass is 35.5. The number of carbonyl (C=O) groups is 2. The lowest BCUT2D eigenvalue weighted by atomic mass is 10.1. The molecule has 0 saturated heterocycles. The monoisotopic (exact) mass is 298 g/mol. The standard InChI is InChI=1S/C14H19ClN2O3/c1-4-17(8-13(19)16-3)7-10-5-11(15)6-12(9(2)18)14(10)20/h5-6,20H,4,7-8H2,1-3H3,(H,16,19). The molecule has 0 aliphatic carbocycles. The number of nitrogens with zero attached hydrogens (tertiary/aromatic N) is 1. The summed E-state index contributed by atoms with van der Waals surface area (Å²) in [5.74, 6) is -0.432. The molecule has 0 radical (unpaired) electrons. The SMILES string of the molecule is CCN(CC(=O)NC)Cc1cc(Cl)cc(C(C)=O)c1O. The van der Waals surface area contributed by atoms with Crippen molar-refractivity contribution in [1.82, 2.24) is 10.2 Å². The van der Waals surface area contributed by atoms with Gasteiger partial charge in [0.15, 0.2) is 5.78 Å². The molecule has 0 bridgehead atoms. The molecule has 0 heterocycles. The van der Waals surface area contributed by atoms with Crippen LogP contribution in [0.2, 0.25) is 5.02 Å². The summed E-state index contributed by atoms with van der Waals surface area (Å²) in [6.45, 7) is 4.48. The topological polar surface area (TPSA) is 69.6 Å². The maximum absolute atomic E-state index is 11.5. The Morgan fingerprint density at radius 3 is 2.55 bits per heavy atom. The van der Waals surface area contributed by atoms with Crippen LogP contribution >= 0.6 is 11.6 Å². The van der Waals surface area contributed by atoms with E-state index in [1.54, 1.807) is 13.1 Å². The Bertz CT molecular complexity index is 517. The number of amides is 1. The second kappa shape index (κ2) is 7.26. The Morgan fingerprint density at radius 2 is 2.05 bits per heavy atom. The molecule has 5 nitrogen and oxygen atoms in total. The average Bonchev–Trinajstić information content (AvgIpc) is 2.40. The highest BCUT2D eigenvalue weighted by Crippen LogP contribution is 2.28. The molecule has 0 aromatic heterocycles. The molecule has 0 unspecified atom stereocenters.